The number of carbonyl (C=O) groups is 1. The van der Waals surface area contributed by atoms with Crippen LogP contribution in [0.4, 0.5) is 0 Å². The first-order valence-corrected chi connectivity index (χ1v) is 4.96. The summed E-state index contributed by atoms with van der Waals surface area (Å²) in [5.41, 5.74) is 0. The second-order valence-corrected chi connectivity index (χ2v) is 3.65. The van der Waals surface area contributed by atoms with E-state index in [2.05, 4.69) is 5.32 Å². The lowest BCUT2D eigenvalue weighted by molar-refractivity contribution is -0.133. The highest BCUT2D eigenvalue weighted by atomic mass is 16.3. The molecular formula is C9H18N2O3. The van der Waals surface area contributed by atoms with Crippen LogP contribution < -0.4 is 5.32 Å². The fourth-order valence-electron chi connectivity index (χ4n) is 1.55. The third kappa shape index (κ3) is 2.94. The molecule has 1 fully saturated rings. The summed E-state index contributed by atoms with van der Waals surface area (Å²) in [6.07, 6.45) is 0.0538. The smallest absolute Gasteiger partial charge is 0.239 e. The van der Waals surface area contributed by atoms with Crippen LogP contribution in [0.15, 0.2) is 0 Å². The van der Waals surface area contributed by atoms with Crippen LogP contribution in [0, 0.1) is 0 Å². The van der Waals surface area contributed by atoms with Crippen molar-refractivity contribution in [1.29, 1.82) is 0 Å². The van der Waals surface area contributed by atoms with Crippen LogP contribution in [0.1, 0.15) is 13.3 Å². The van der Waals surface area contributed by atoms with Gasteiger partial charge in [-0.2, -0.15) is 0 Å². The van der Waals surface area contributed by atoms with Gasteiger partial charge in [0.25, 0.3) is 0 Å². The molecule has 1 aliphatic heterocycles. The van der Waals surface area contributed by atoms with E-state index in [0.717, 1.165) is 13.0 Å². The first kappa shape index (κ1) is 11.4. The van der Waals surface area contributed by atoms with Crippen LogP contribution in [-0.4, -0.2) is 59.4 Å². The van der Waals surface area contributed by atoms with Crippen molar-refractivity contribution in [3.8, 4) is 0 Å². The van der Waals surface area contributed by atoms with Crippen LogP contribution in [0.3, 0.4) is 0 Å². The van der Waals surface area contributed by atoms with Crippen molar-refractivity contribution in [2.24, 2.45) is 0 Å². The SMILES string of the molecule is CC1NCCCN(CC(O)CO)C1=O. The van der Waals surface area contributed by atoms with E-state index < -0.39 is 6.10 Å². The van der Waals surface area contributed by atoms with Crippen LogP contribution in [0.5, 0.6) is 0 Å². The first-order chi connectivity index (χ1) is 6.65. The maximum absolute atomic E-state index is 11.7. The van der Waals surface area contributed by atoms with Gasteiger partial charge in [0.05, 0.1) is 18.8 Å². The minimum Gasteiger partial charge on any atom is -0.394 e. The minimum atomic E-state index is -0.829. The highest BCUT2D eigenvalue weighted by Crippen LogP contribution is 2.03. The molecule has 14 heavy (non-hydrogen) atoms. The highest BCUT2D eigenvalue weighted by Gasteiger charge is 2.24. The summed E-state index contributed by atoms with van der Waals surface area (Å²) in [7, 11) is 0. The standard InChI is InChI=1S/C9H18N2O3/c1-7-9(14)11(4-2-3-10-7)5-8(13)6-12/h7-8,10,12-13H,2-6H2,1H3. The Morgan fingerprint density at radius 2 is 2.43 bits per heavy atom. The molecule has 0 aromatic rings. The van der Waals surface area contributed by atoms with Crippen molar-refractivity contribution < 1.29 is 15.0 Å². The molecule has 1 amide bonds. The fourth-order valence-corrected chi connectivity index (χ4v) is 1.55. The summed E-state index contributed by atoms with van der Waals surface area (Å²) in [6.45, 7) is 3.20. The molecule has 5 heteroatoms. The lowest BCUT2D eigenvalue weighted by Crippen LogP contribution is -2.45. The largest absolute Gasteiger partial charge is 0.394 e. The molecule has 0 saturated carbocycles. The number of amides is 1. The Kier molecular flexibility index (Phi) is 4.31. The molecule has 3 N–H and O–H groups in total. The number of nitrogens with zero attached hydrogens (tertiary/aromatic N) is 1. The molecular weight excluding hydrogens is 184 g/mol. The van der Waals surface area contributed by atoms with Crippen molar-refractivity contribution in [2.75, 3.05) is 26.2 Å². The zero-order chi connectivity index (χ0) is 10.6. The summed E-state index contributed by atoms with van der Waals surface area (Å²) in [5, 5.41) is 21.0. The second kappa shape index (κ2) is 5.29. The molecule has 5 nitrogen and oxygen atoms in total. The molecule has 0 aromatic carbocycles. The van der Waals surface area contributed by atoms with Crippen molar-refractivity contribution >= 4 is 5.91 Å². The monoisotopic (exact) mass is 202 g/mol. The number of aliphatic hydroxyl groups is 2. The first-order valence-electron chi connectivity index (χ1n) is 4.96. The van der Waals surface area contributed by atoms with E-state index in [4.69, 9.17) is 5.11 Å². The summed E-state index contributed by atoms with van der Waals surface area (Å²) >= 11 is 0. The minimum absolute atomic E-state index is 0.00463. The van der Waals surface area contributed by atoms with Gasteiger partial charge >= 0.3 is 0 Å². The van der Waals surface area contributed by atoms with Gasteiger partial charge in [0, 0.05) is 13.1 Å². The predicted molar refractivity (Wildman–Crippen MR) is 51.8 cm³/mol. The molecule has 1 rings (SSSR count). The van der Waals surface area contributed by atoms with Gasteiger partial charge in [0.15, 0.2) is 0 Å². The average Bonchev–Trinajstić information content (AvgIpc) is 2.33. The Morgan fingerprint density at radius 3 is 3.07 bits per heavy atom. The number of rotatable bonds is 3. The van der Waals surface area contributed by atoms with E-state index in [1.165, 1.54) is 0 Å². The van der Waals surface area contributed by atoms with Crippen LogP contribution in [0.25, 0.3) is 0 Å². The summed E-state index contributed by atoms with van der Waals surface area (Å²) < 4.78 is 0. The molecule has 2 atom stereocenters. The van der Waals surface area contributed by atoms with Gasteiger partial charge in [-0.15, -0.1) is 0 Å². The molecule has 82 valence electrons. The summed E-state index contributed by atoms with van der Waals surface area (Å²) in [6, 6.07) is -0.191. The van der Waals surface area contributed by atoms with E-state index in [0.29, 0.717) is 6.54 Å². The quantitative estimate of drug-likeness (QED) is 0.523. The fraction of sp³-hybridized carbons (Fsp3) is 0.889. The zero-order valence-electron chi connectivity index (χ0n) is 8.44. The van der Waals surface area contributed by atoms with Gasteiger partial charge in [0.1, 0.15) is 0 Å². The number of carbonyl (C=O) groups excluding carboxylic acids is 1. The number of β-amino-alcohol motifs (C(OH)–C–C–N with tert-alkyl or cyclic N) is 1. The van der Waals surface area contributed by atoms with Crippen molar-refractivity contribution in [3.05, 3.63) is 0 Å². The van der Waals surface area contributed by atoms with Crippen molar-refractivity contribution in [2.45, 2.75) is 25.5 Å². The summed E-state index contributed by atoms with van der Waals surface area (Å²) in [4.78, 5) is 13.3. The van der Waals surface area contributed by atoms with Crippen LogP contribution in [0.2, 0.25) is 0 Å². The Balaban J connectivity index is 2.52. The third-order valence-corrected chi connectivity index (χ3v) is 2.38. The normalized spacial score (nSPS) is 26.1. The van der Waals surface area contributed by atoms with E-state index in [1.54, 1.807) is 4.90 Å². The Hall–Kier alpha value is -0.650. The van der Waals surface area contributed by atoms with Gasteiger partial charge in [-0.05, 0) is 19.9 Å². The second-order valence-electron chi connectivity index (χ2n) is 3.65. The van der Waals surface area contributed by atoms with Gasteiger partial charge < -0.3 is 20.4 Å². The van der Waals surface area contributed by atoms with E-state index >= 15 is 0 Å². The average molecular weight is 202 g/mol. The van der Waals surface area contributed by atoms with Crippen LogP contribution >= 0.6 is 0 Å². The molecule has 2 unspecified atom stereocenters. The third-order valence-electron chi connectivity index (χ3n) is 2.38. The molecule has 0 aliphatic carbocycles. The van der Waals surface area contributed by atoms with E-state index in [1.807, 2.05) is 6.92 Å². The number of hydrogen-bond acceptors (Lipinski definition) is 4. The Morgan fingerprint density at radius 1 is 1.71 bits per heavy atom. The summed E-state index contributed by atoms with van der Waals surface area (Å²) in [5.74, 6) is -0.00463. The van der Waals surface area contributed by atoms with Crippen LogP contribution in [-0.2, 0) is 4.79 Å². The topological polar surface area (TPSA) is 72.8 Å². The van der Waals surface area contributed by atoms with Crippen molar-refractivity contribution in [3.63, 3.8) is 0 Å². The van der Waals surface area contributed by atoms with Crippen molar-refractivity contribution in [1.82, 2.24) is 10.2 Å². The maximum Gasteiger partial charge on any atom is 0.239 e. The number of aliphatic hydroxyl groups excluding tert-OH is 2. The van der Waals surface area contributed by atoms with Gasteiger partial charge in [0.2, 0.25) is 5.91 Å². The Labute approximate surface area is 83.7 Å². The van der Waals surface area contributed by atoms with Gasteiger partial charge in [-0.3, -0.25) is 4.79 Å². The number of nitrogens with one attached hydrogen (secondary N) is 1. The molecule has 0 bridgehead atoms. The van der Waals surface area contributed by atoms with Gasteiger partial charge in [-0.25, -0.2) is 0 Å². The highest BCUT2D eigenvalue weighted by molar-refractivity contribution is 5.81. The van der Waals surface area contributed by atoms with E-state index in [-0.39, 0.29) is 25.1 Å². The lowest BCUT2D eigenvalue weighted by Gasteiger charge is -2.24. The molecule has 1 heterocycles. The molecule has 0 aromatic heterocycles. The maximum atomic E-state index is 11.7. The molecule has 0 spiro atoms. The predicted octanol–water partition coefficient (Wildman–Crippen LogP) is -1.45. The molecule has 1 saturated heterocycles. The molecule has 1 aliphatic rings. The van der Waals surface area contributed by atoms with Gasteiger partial charge in [-0.1, -0.05) is 0 Å². The molecule has 0 radical (unpaired) electrons. The Bertz CT molecular complexity index is 198. The zero-order valence-corrected chi connectivity index (χ0v) is 8.44. The number of hydrogen-bond donors (Lipinski definition) is 3. The lowest BCUT2D eigenvalue weighted by atomic mass is 10.2. The van der Waals surface area contributed by atoms with E-state index in [9.17, 15) is 9.90 Å².